The van der Waals surface area contributed by atoms with Crippen molar-refractivity contribution in [1.29, 1.82) is 0 Å². The van der Waals surface area contributed by atoms with E-state index < -0.39 is 0 Å². The Bertz CT molecular complexity index is 1190. The third kappa shape index (κ3) is 3.18. The summed E-state index contributed by atoms with van der Waals surface area (Å²) in [6, 6.07) is 13.1. The molecule has 9 heteroatoms. The molecule has 3 heterocycles. The van der Waals surface area contributed by atoms with Crippen LogP contribution in [0, 0.1) is 6.92 Å². The van der Waals surface area contributed by atoms with Gasteiger partial charge in [-0.3, -0.25) is 4.68 Å². The molecule has 0 atom stereocenters. The molecular formula is C19H19N7O2. The Morgan fingerprint density at radius 2 is 1.82 bits per heavy atom. The van der Waals surface area contributed by atoms with Crippen LogP contribution in [0.3, 0.4) is 0 Å². The maximum Gasteiger partial charge on any atom is 0.368 e. The first kappa shape index (κ1) is 17.7. The van der Waals surface area contributed by atoms with Gasteiger partial charge in [-0.2, -0.15) is 14.5 Å². The van der Waals surface area contributed by atoms with E-state index in [-0.39, 0.29) is 12.3 Å². The standard InChI is InChI=1S/C19H19N7O2/c1-13-6-4-8-16(26-19(27)25(3)22-23-26)14(13)12-28-18-9-5-7-15(21-18)17-10-11-20-24(17)2/h4-11H,12H2,1-3H3. The van der Waals surface area contributed by atoms with Crippen LogP contribution in [-0.4, -0.2) is 34.6 Å². The maximum absolute atomic E-state index is 12.3. The number of pyridine rings is 1. The van der Waals surface area contributed by atoms with E-state index in [2.05, 4.69) is 20.5 Å². The van der Waals surface area contributed by atoms with Gasteiger partial charge in [0.1, 0.15) is 6.61 Å². The molecule has 0 aliphatic heterocycles. The minimum Gasteiger partial charge on any atom is -0.473 e. The third-order valence-electron chi connectivity index (χ3n) is 4.51. The van der Waals surface area contributed by atoms with Gasteiger partial charge in [-0.1, -0.05) is 18.2 Å². The number of nitrogens with zero attached hydrogens (tertiary/aromatic N) is 7. The first-order valence-electron chi connectivity index (χ1n) is 8.70. The Morgan fingerprint density at radius 3 is 2.54 bits per heavy atom. The normalized spacial score (nSPS) is 11.0. The number of hydrogen-bond donors (Lipinski definition) is 0. The summed E-state index contributed by atoms with van der Waals surface area (Å²) >= 11 is 0. The van der Waals surface area contributed by atoms with Gasteiger partial charge in [-0.25, -0.2) is 9.78 Å². The summed E-state index contributed by atoms with van der Waals surface area (Å²) in [6.07, 6.45) is 1.72. The summed E-state index contributed by atoms with van der Waals surface area (Å²) in [4.78, 5) is 16.8. The van der Waals surface area contributed by atoms with Crippen molar-refractivity contribution < 1.29 is 4.74 Å². The van der Waals surface area contributed by atoms with E-state index in [0.717, 1.165) is 22.5 Å². The zero-order valence-electron chi connectivity index (χ0n) is 15.8. The van der Waals surface area contributed by atoms with E-state index in [1.807, 2.05) is 50.4 Å². The van der Waals surface area contributed by atoms with E-state index in [0.29, 0.717) is 11.6 Å². The van der Waals surface area contributed by atoms with Crippen LogP contribution >= 0.6 is 0 Å². The van der Waals surface area contributed by atoms with Gasteiger partial charge in [-0.05, 0) is 41.1 Å². The molecular weight excluding hydrogens is 358 g/mol. The van der Waals surface area contributed by atoms with Crippen LogP contribution in [0.4, 0.5) is 0 Å². The lowest BCUT2D eigenvalue weighted by atomic mass is 10.1. The molecule has 1 aromatic carbocycles. The topological polar surface area (TPSA) is 92.6 Å². The molecule has 142 valence electrons. The third-order valence-corrected chi connectivity index (χ3v) is 4.51. The van der Waals surface area contributed by atoms with E-state index in [1.165, 1.54) is 9.36 Å². The molecule has 0 saturated carbocycles. The lowest BCUT2D eigenvalue weighted by Gasteiger charge is -2.13. The molecule has 9 nitrogen and oxygen atoms in total. The summed E-state index contributed by atoms with van der Waals surface area (Å²) in [6.45, 7) is 2.20. The molecule has 3 aromatic heterocycles. The monoisotopic (exact) mass is 377 g/mol. The minimum atomic E-state index is -0.316. The van der Waals surface area contributed by atoms with Gasteiger partial charge in [0.2, 0.25) is 5.88 Å². The molecule has 0 fully saturated rings. The Hall–Kier alpha value is -3.75. The highest BCUT2D eigenvalue weighted by molar-refractivity contribution is 5.54. The molecule has 0 spiro atoms. The van der Waals surface area contributed by atoms with Crippen LogP contribution in [0.2, 0.25) is 0 Å². The predicted molar refractivity (Wildman–Crippen MR) is 102 cm³/mol. The van der Waals surface area contributed by atoms with E-state index in [1.54, 1.807) is 24.0 Å². The van der Waals surface area contributed by atoms with Gasteiger partial charge in [0.05, 0.1) is 17.1 Å². The summed E-state index contributed by atoms with van der Waals surface area (Å²) in [5.74, 6) is 0.486. The average Bonchev–Trinajstić information content (AvgIpc) is 3.27. The molecule has 0 N–H and O–H groups in total. The number of benzene rings is 1. The van der Waals surface area contributed by atoms with Crippen molar-refractivity contribution in [1.82, 2.24) is 34.6 Å². The van der Waals surface area contributed by atoms with E-state index in [4.69, 9.17) is 4.74 Å². The second kappa shape index (κ2) is 7.10. The summed E-state index contributed by atoms with van der Waals surface area (Å²) in [7, 11) is 3.43. The van der Waals surface area contributed by atoms with Gasteiger partial charge in [-0.15, -0.1) is 0 Å². The highest BCUT2D eigenvalue weighted by Gasteiger charge is 2.14. The number of ether oxygens (including phenoxy) is 1. The van der Waals surface area contributed by atoms with Crippen LogP contribution in [0.15, 0.2) is 53.5 Å². The molecule has 0 amide bonds. The Balaban J connectivity index is 1.64. The van der Waals surface area contributed by atoms with Crippen LogP contribution in [0.1, 0.15) is 11.1 Å². The first-order chi connectivity index (χ1) is 13.5. The fourth-order valence-corrected chi connectivity index (χ4v) is 2.95. The zero-order valence-corrected chi connectivity index (χ0v) is 15.8. The molecule has 28 heavy (non-hydrogen) atoms. The number of aryl methyl sites for hydroxylation is 3. The largest absolute Gasteiger partial charge is 0.473 e. The van der Waals surface area contributed by atoms with Crippen LogP contribution in [0.5, 0.6) is 5.88 Å². The maximum atomic E-state index is 12.3. The molecule has 4 rings (SSSR count). The van der Waals surface area contributed by atoms with Crippen LogP contribution < -0.4 is 10.4 Å². The number of aromatic nitrogens is 7. The molecule has 4 aromatic rings. The van der Waals surface area contributed by atoms with Crippen LogP contribution in [0.25, 0.3) is 17.1 Å². The van der Waals surface area contributed by atoms with Crippen molar-refractivity contribution in [2.24, 2.45) is 14.1 Å². The Labute approximate surface area is 160 Å². The van der Waals surface area contributed by atoms with Crippen molar-refractivity contribution in [2.75, 3.05) is 0 Å². The lowest BCUT2D eigenvalue weighted by Crippen LogP contribution is -2.23. The average molecular weight is 377 g/mol. The minimum absolute atomic E-state index is 0.243. The summed E-state index contributed by atoms with van der Waals surface area (Å²) in [5, 5.41) is 11.9. The predicted octanol–water partition coefficient (Wildman–Crippen LogP) is 1.65. The van der Waals surface area contributed by atoms with Gasteiger partial charge in [0.25, 0.3) is 0 Å². The van der Waals surface area contributed by atoms with Crippen molar-refractivity contribution >= 4 is 0 Å². The molecule has 0 radical (unpaired) electrons. The fraction of sp³-hybridized carbons (Fsp3) is 0.211. The van der Waals surface area contributed by atoms with Crippen LogP contribution in [-0.2, 0) is 20.7 Å². The van der Waals surface area contributed by atoms with Gasteiger partial charge in [0.15, 0.2) is 0 Å². The first-order valence-corrected chi connectivity index (χ1v) is 8.70. The number of hydrogen-bond acceptors (Lipinski definition) is 6. The van der Waals surface area contributed by atoms with E-state index >= 15 is 0 Å². The van der Waals surface area contributed by atoms with Gasteiger partial charge in [0, 0.05) is 31.9 Å². The molecule has 0 saturated heterocycles. The molecule has 0 bridgehead atoms. The Morgan fingerprint density at radius 1 is 1.00 bits per heavy atom. The smallest absolute Gasteiger partial charge is 0.368 e. The van der Waals surface area contributed by atoms with Gasteiger partial charge < -0.3 is 4.74 Å². The fourth-order valence-electron chi connectivity index (χ4n) is 2.95. The number of tetrazole rings is 1. The second-order valence-corrected chi connectivity index (χ2v) is 6.36. The second-order valence-electron chi connectivity index (χ2n) is 6.36. The molecule has 0 aliphatic rings. The van der Waals surface area contributed by atoms with Crippen molar-refractivity contribution in [3.05, 3.63) is 70.3 Å². The highest BCUT2D eigenvalue weighted by atomic mass is 16.5. The quantitative estimate of drug-likeness (QED) is 0.525. The van der Waals surface area contributed by atoms with E-state index in [9.17, 15) is 4.79 Å². The van der Waals surface area contributed by atoms with Crippen molar-refractivity contribution in [2.45, 2.75) is 13.5 Å². The zero-order chi connectivity index (χ0) is 19.7. The van der Waals surface area contributed by atoms with Gasteiger partial charge >= 0.3 is 5.69 Å². The van der Waals surface area contributed by atoms with Crippen molar-refractivity contribution in [3.8, 4) is 23.0 Å². The summed E-state index contributed by atoms with van der Waals surface area (Å²) < 4.78 is 10.2. The highest BCUT2D eigenvalue weighted by Crippen LogP contribution is 2.22. The van der Waals surface area contributed by atoms with Crippen molar-refractivity contribution in [3.63, 3.8) is 0 Å². The Kier molecular flexibility index (Phi) is 4.48. The SMILES string of the molecule is Cc1cccc(-n2nnn(C)c2=O)c1COc1cccc(-c2ccnn2C)n1. The molecule has 0 unspecified atom stereocenters. The number of rotatable bonds is 5. The lowest BCUT2D eigenvalue weighted by molar-refractivity contribution is 0.293. The summed E-state index contributed by atoms with van der Waals surface area (Å²) in [5.41, 5.74) is 3.82. The molecule has 0 aliphatic carbocycles.